The van der Waals surface area contributed by atoms with Gasteiger partial charge in [-0.2, -0.15) is 0 Å². The number of aromatic nitrogens is 1. The van der Waals surface area contributed by atoms with Crippen LogP contribution in [0.1, 0.15) is 29.8 Å². The summed E-state index contributed by atoms with van der Waals surface area (Å²) in [5, 5.41) is 3.11. The lowest BCUT2D eigenvalue weighted by Gasteiger charge is -2.32. The Hall–Kier alpha value is -2.40. The third kappa shape index (κ3) is 6.07. The lowest BCUT2D eigenvalue weighted by atomic mass is 9.97. The van der Waals surface area contributed by atoms with Crippen molar-refractivity contribution in [3.63, 3.8) is 0 Å². The number of likely N-dealkylation sites (tertiary alicyclic amines) is 1. The summed E-state index contributed by atoms with van der Waals surface area (Å²) in [6, 6.07) is 13.8. The average Bonchev–Trinajstić information content (AvgIpc) is 2.67. The topological polar surface area (TPSA) is 54.5 Å². The molecule has 1 fully saturated rings. The van der Waals surface area contributed by atoms with Crippen LogP contribution in [-0.2, 0) is 17.8 Å². The van der Waals surface area contributed by atoms with Crippen LogP contribution in [0.25, 0.3) is 0 Å². The Kier molecular flexibility index (Phi) is 6.82. The first-order valence-corrected chi connectivity index (χ1v) is 9.67. The Bertz CT molecular complexity index is 745. The summed E-state index contributed by atoms with van der Waals surface area (Å²) in [5.41, 5.74) is 3.19. The van der Waals surface area contributed by atoms with Crippen molar-refractivity contribution in [2.45, 2.75) is 32.7 Å². The minimum absolute atomic E-state index is 0.0811. The van der Waals surface area contributed by atoms with Crippen molar-refractivity contribution in [1.82, 2.24) is 15.2 Å². The molecule has 0 spiro atoms. The molecular weight excluding hydrogens is 338 g/mol. The number of nitrogens with one attached hydrogen (secondary N) is 1. The molecule has 5 nitrogen and oxygen atoms in total. The van der Waals surface area contributed by atoms with Crippen molar-refractivity contribution in [3.8, 4) is 5.75 Å². The second-order valence-corrected chi connectivity index (χ2v) is 7.34. The maximum atomic E-state index is 12.3. The number of ether oxygens (including phenoxy) is 1. The molecule has 2 heterocycles. The number of methoxy groups -OCH3 is 1. The Morgan fingerprint density at radius 3 is 2.81 bits per heavy atom. The number of benzene rings is 1. The quantitative estimate of drug-likeness (QED) is 0.817. The van der Waals surface area contributed by atoms with Gasteiger partial charge in [0.15, 0.2) is 0 Å². The van der Waals surface area contributed by atoms with Crippen molar-refractivity contribution >= 4 is 5.91 Å². The van der Waals surface area contributed by atoms with E-state index in [0.717, 1.165) is 48.9 Å². The fourth-order valence-electron chi connectivity index (χ4n) is 3.63. The summed E-state index contributed by atoms with van der Waals surface area (Å²) in [5.74, 6) is 1.39. The highest BCUT2D eigenvalue weighted by atomic mass is 16.5. The van der Waals surface area contributed by atoms with Crippen molar-refractivity contribution in [1.29, 1.82) is 0 Å². The first-order chi connectivity index (χ1) is 13.1. The minimum atomic E-state index is 0.0811. The zero-order valence-electron chi connectivity index (χ0n) is 16.3. The third-order valence-electron chi connectivity index (χ3n) is 5.05. The van der Waals surface area contributed by atoms with Gasteiger partial charge in [0, 0.05) is 25.3 Å². The summed E-state index contributed by atoms with van der Waals surface area (Å²) in [7, 11) is 1.64. The highest BCUT2D eigenvalue weighted by molar-refractivity contribution is 5.78. The Labute approximate surface area is 161 Å². The molecule has 1 saturated heterocycles. The first-order valence-electron chi connectivity index (χ1n) is 9.67. The van der Waals surface area contributed by atoms with Crippen molar-refractivity contribution in [2.75, 3.05) is 26.7 Å². The third-order valence-corrected chi connectivity index (χ3v) is 5.05. The van der Waals surface area contributed by atoms with E-state index in [4.69, 9.17) is 4.74 Å². The summed E-state index contributed by atoms with van der Waals surface area (Å²) >= 11 is 0. The van der Waals surface area contributed by atoms with E-state index in [0.29, 0.717) is 12.3 Å². The average molecular weight is 367 g/mol. The van der Waals surface area contributed by atoms with Gasteiger partial charge in [0.05, 0.1) is 19.2 Å². The van der Waals surface area contributed by atoms with E-state index in [2.05, 4.69) is 27.3 Å². The maximum absolute atomic E-state index is 12.3. The van der Waals surface area contributed by atoms with Gasteiger partial charge in [0.25, 0.3) is 0 Å². The second kappa shape index (κ2) is 9.51. The fourth-order valence-corrected chi connectivity index (χ4v) is 3.63. The van der Waals surface area contributed by atoms with E-state index in [9.17, 15) is 4.79 Å². The maximum Gasteiger partial charge on any atom is 0.224 e. The van der Waals surface area contributed by atoms with Crippen LogP contribution < -0.4 is 10.1 Å². The summed E-state index contributed by atoms with van der Waals surface area (Å²) < 4.78 is 5.15. The molecule has 0 radical (unpaired) electrons. The molecule has 1 amide bonds. The lowest BCUT2D eigenvalue weighted by Crippen LogP contribution is -2.41. The highest BCUT2D eigenvalue weighted by Gasteiger charge is 2.20. The molecule has 1 atom stereocenters. The number of amides is 1. The van der Waals surface area contributed by atoms with E-state index in [1.807, 2.05) is 37.3 Å². The van der Waals surface area contributed by atoms with Gasteiger partial charge < -0.3 is 10.1 Å². The summed E-state index contributed by atoms with van der Waals surface area (Å²) in [4.78, 5) is 19.3. The number of hydrogen-bond donors (Lipinski definition) is 1. The summed E-state index contributed by atoms with van der Waals surface area (Å²) in [6.45, 7) is 5.77. The summed E-state index contributed by atoms with van der Waals surface area (Å²) in [6.07, 6.45) is 2.75. The number of nitrogens with zero attached hydrogens (tertiary/aromatic N) is 2. The SMILES string of the molecule is COc1ccc(CC(=O)NCC2CCCN(Cc3cccc(C)n3)C2)cc1. The van der Waals surface area contributed by atoms with Crippen LogP contribution in [0.3, 0.4) is 0 Å². The van der Waals surface area contributed by atoms with Gasteiger partial charge in [-0.05, 0) is 62.1 Å². The van der Waals surface area contributed by atoms with Crippen LogP contribution in [0.15, 0.2) is 42.5 Å². The van der Waals surface area contributed by atoms with Crippen LogP contribution in [0.4, 0.5) is 0 Å². The highest BCUT2D eigenvalue weighted by Crippen LogP contribution is 2.18. The van der Waals surface area contributed by atoms with Gasteiger partial charge in [0.2, 0.25) is 5.91 Å². The number of hydrogen-bond acceptors (Lipinski definition) is 4. The second-order valence-electron chi connectivity index (χ2n) is 7.34. The molecule has 0 saturated carbocycles. The molecule has 144 valence electrons. The van der Waals surface area contributed by atoms with Crippen molar-refractivity contribution in [2.24, 2.45) is 5.92 Å². The Morgan fingerprint density at radius 1 is 1.26 bits per heavy atom. The van der Waals surface area contributed by atoms with Gasteiger partial charge in [-0.3, -0.25) is 14.7 Å². The van der Waals surface area contributed by atoms with E-state index in [-0.39, 0.29) is 5.91 Å². The largest absolute Gasteiger partial charge is 0.497 e. The minimum Gasteiger partial charge on any atom is -0.497 e. The molecule has 1 aliphatic heterocycles. The molecule has 1 unspecified atom stereocenters. The van der Waals surface area contributed by atoms with E-state index in [1.165, 1.54) is 12.8 Å². The smallest absolute Gasteiger partial charge is 0.224 e. The molecule has 3 rings (SSSR count). The molecular formula is C22H29N3O2. The first kappa shape index (κ1) is 19.4. The number of aryl methyl sites for hydroxylation is 1. The predicted octanol–water partition coefficient (Wildman–Crippen LogP) is 2.97. The van der Waals surface area contributed by atoms with Crippen LogP contribution in [-0.4, -0.2) is 42.5 Å². The Morgan fingerprint density at radius 2 is 2.07 bits per heavy atom. The number of piperidine rings is 1. The Balaban J connectivity index is 1.43. The molecule has 1 aromatic carbocycles. The predicted molar refractivity (Wildman–Crippen MR) is 107 cm³/mol. The zero-order valence-corrected chi connectivity index (χ0v) is 16.3. The lowest BCUT2D eigenvalue weighted by molar-refractivity contribution is -0.120. The van der Waals surface area contributed by atoms with Gasteiger partial charge in [-0.1, -0.05) is 18.2 Å². The molecule has 1 aliphatic rings. The number of pyridine rings is 1. The fraction of sp³-hybridized carbons (Fsp3) is 0.455. The number of rotatable bonds is 7. The van der Waals surface area contributed by atoms with E-state index in [1.54, 1.807) is 7.11 Å². The standard InChI is InChI=1S/C22H29N3O2/c1-17-5-3-7-20(24-17)16-25-12-4-6-19(15-25)14-23-22(26)13-18-8-10-21(27-2)11-9-18/h3,5,7-11,19H,4,6,12-16H2,1-2H3,(H,23,26). The molecule has 27 heavy (non-hydrogen) atoms. The van der Waals surface area contributed by atoms with Crippen LogP contribution >= 0.6 is 0 Å². The van der Waals surface area contributed by atoms with Crippen LogP contribution in [0, 0.1) is 12.8 Å². The monoisotopic (exact) mass is 367 g/mol. The van der Waals surface area contributed by atoms with E-state index >= 15 is 0 Å². The number of carbonyl (C=O) groups is 1. The van der Waals surface area contributed by atoms with Crippen LogP contribution in [0.5, 0.6) is 5.75 Å². The van der Waals surface area contributed by atoms with E-state index < -0.39 is 0 Å². The zero-order chi connectivity index (χ0) is 19.1. The molecule has 1 aromatic heterocycles. The molecule has 1 N–H and O–H groups in total. The number of carbonyl (C=O) groups excluding carboxylic acids is 1. The molecule has 0 aliphatic carbocycles. The van der Waals surface area contributed by atoms with Crippen LogP contribution in [0.2, 0.25) is 0 Å². The normalized spacial score (nSPS) is 17.5. The van der Waals surface area contributed by atoms with Gasteiger partial charge in [0.1, 0.15) is 5.75 Å². The van der Waals surface area contributed by atoms with Gasteiger partial charge in [-0.25, -0.2) is 0 Å². The van der Waals surface area contributed by atoms with Gasteiger partial charge >= 0.3 is 0 Å². The van der Waals surface area contributed by atoms with Crippen molar-refractivity contribution in [3.05, 3.63) is 59.4 Å². The van der Waals surface area contributed by atoms with Gasteiger partial charge in [-0.15, -0.1) is 0 Å². The molecule has 0 bridgehead atoms. The molecule has 2 aromatic rings. The molecule has 5 heteroatoms. The van der Waals surface area contributed by atoms with Crippen molar-refractivity contribution < 1.29 is 9.53 Å².